The van der Waals surface area contributed by atoms with Crippen LogP contribution in [0.3, 0.4) is 0 Å². The third kappa shape index (κ3) is 3.57. The Morgan fingerprint density at radius 3 is 2.62 bits per heavy atom. The summed E-state index contributed by atoms with van der Waals surface area (Å²) in [6, 6.07) is 10.0. The highest BCUT2D eigenvalue weighted by atomic mass is 32.1. The Labute approximate surface area is 145 Å². The molecule has 24 heavy (non-hydrogen) atoms. The molecule has 0 aliphatic heterocycles. The topological polar surface area (TPSA) is 52.3 Å². The Hall–Kier alpha value is -2.40. The first kappa shape index (κ1) is 16.5. The second kappa shape index (κ2) is 7.01. The lowest BCUT2D eigenvalue weighted by atomic mass is 10.0. The summed E-state index contributed by atoms with van der Waals surface area (Å²) < 4.78 is 10.4. The van der Waals surface area contributed by atoms with E-state index in [1.54, 1.807) is 24.3 Å². The van der Waals surface area contributed by atoms with Crippen molar-refractivity contribution >= 4 is 17.3 Å². The standard InChI is InChI=1S/C19H19NO3S/c1-12(2)14-4-6-15(7-5-14)18-20-16(11-24-18)10-23-19(21)17-8-9-22-13(17)3/h4-9,11-12H,10H2,1-3H3. The van der Waals surface area contributed by atoms with Crippen LogP contribution in [0.15, 0.2) is 46.4 Å². The lowest BCUT2D eigenvalue weighted by Crippen LogP contribution is -2.05. The molecule has 2 aromatic heterocycles. The van der Waals surface area contributed by atoms with Crippen LogP contribution in [-0.4, -0.2) is 11.0 Å². The van der Waals surface area contributed by atoms with E-state index in [0.717, 1.165) is 16.3 Å². The monoisotopic (exact) mass is 341 g/mol. The molecule has 0 spiro atoms. The molecular formula is C19H19NO3S. The number of aryl methyl sites for hydroxylation is 1. The van der Waals surface area contributed by atoms with Crippen LogP contribution < -0.4 is 0 Å². The number of nitrogens with zero attached hydrogens (tertiary/aromatic N) is 1. The third-order valence-electron chi connectivity index (χ3n) is 3.81. The lowest BCUT2D eigenvalue weighted by molar-refractivity contribution is 0.0466. The minimum absolute atomic E-state index is 0.157. The predicted molar refractivity (Wildman–Crippen MR) is 94.2 cm³/mol. The number of benzene rings is 1. The number of furan rings is 1. The highest BCUT2D eigenvalue weighted by molar-refractivity contribution is 7.13. The van der Waals surface area contributed by atoms with Crippen LogP contribution in [0.4, 0.5) is 0 Å². The number of rotatable bonds is 5. The van der Waals surface area contributed by atoms with Crippen LogP contribution in [-0.2, 0) is 11.3 Å². The fraction of sp³-hybridized carbons (Fsp3) is 0.263. The van der Waals surface area contributed by atoms with Crippen molar-refractivity contribution in [3.05, 3.63) is 64.6 Å². The largest absolute Gasteiger partial charge is 0.469 e. The number of carbonyl (C=O) groups excluding carboxylic acids is 1. The lowest BCUT2D eigenvalue weighted by Gasteiger charge is -2.05. The second-order valence-corrected chi connectivity index (χ2v) is 6.75. The summed E-state index contributed by atoms with van der Waals surface area (Å²) >= 11 is 1.55. The van der Waals surface area contributed by atoms with E-state index in [-0.39, 0.29) is 6.61 Å². The molecule has 5 heteroatoms. The summed E-state index contributed by atoms with van der Waals surface area (Å²) in [4.78, 5) is 16.5. The maximum absolute atomic E-state index is 12.0. The van der Waals surface area contributed by atoms with Crippen LogP contribution in [0.2, 0.25) is 0 Å². The van der Waals surface area contributed by atoms with Gasteiger partial charge >= 0.3 is 5.97 Å². The van der Waals surface area contributed by atoms with E-state index < -0.39 is 5.97 Å². The number of ether oxygens (including phenoxy) is 1. The van der Waals surface area contributed by atoms with E-state index in [4.69, 9.17) is 9.15 Å². The molecule has 0 amide bonds. The summed E-state index contributed by atoms with van der Waals surface area (Å²) in [5.74, 6) is 0.679. The number of thiazole rings is 1. The van der Waals surface area contributed by atoms with E-state index in [1.807, 2.05) is 5.38 Å². The quantitative estimate of drug-likeness (QED) is 0.599. The van der Waals surface area contributed by atoms with Crippen molar-refractivity contribution in [2.45, 2.75) is 33.3 Å². The molecule has 0 saturated carbocycles. The van der Waals surface area contributed by atoms with Gasteiger partial charge in [-0.05, 0) is 24.5 Å². The zero-order chi connectivity index (χ0) is 17.1. The van der Waals surface area contributed by atoms with Gasteiger partial charge in [0, 0.05) is 10.9 Å². The Kier molecular flexibility index (Phi) is 4.81. The minimum Gasteiger partial charge on any atom is -0.469 e. The molecule has 124 valence electrons. The van der Waals surface area contributed by atoms with Crippen molar-refractivity contribution < 1.29 is 13.9 Å². The van der Waals surface area contributed by atoms with Gasteiger partial charge < -0.3 is 9.15 Å². The van der Waals surface area contributed by atoms with Crippen molar-refractivity contribution in [3.8, 4) is 10.6 Å². The molecule has 0 bridgehead atoms. The summed E-state index contributed by atoms with van der Waals surface area (Å²) in [7, 11) is 0. The van der Waals surface area contributed by atoms with Crippen LogP contribution in [0.5, 0.6) is 0 Å². The fourth-order valence-electron chi connectivity index (χ4n) is 2.33. The molecule has 3 rings (SSSR count). The number of carbonyl (C=O) groups is 1. The van der Waals surface area contributed by atoms with E-state index in [0.29, 0.717) is 17.2 Å². The first-order valence-corrected chi connectivity index (χ1v) is 8.68. The van der Waals surface area contributed by atoms with Gasteiger partial charge in [0.25, 0.3) is 0 Å². The average Bonchev–Trinajstić information content (AvgIpc) is 3.21. The molecule has 0 unspecified atom stereocenters. The summed E-state index contributed by atoms with van der Waals surface area (Å²) in [5, 5.41) is 2.84. The molecule has 0 atom stereocenters. The molecule has 0 saturated heterocycles. The van der Waals surface area contributed by atoms with Crippen LogP contribution >= 0.6 is 11.3 Å². The first-order chi connectivity index (χ1) is 11.5. The van der Waals surface area contributed by atoms with Gasteiger partial charge in [-0.1, -0.05) is 38.1 Å². The summed E-state index contributed by atoms with van der Waals surface area (Å²) in [6.07, 6.45) is 1.48. The number of hydrogen-bond acceptors (Lipinski definition) is 5. The summed E-state index contributed by atoms with van der Waals surface area (Å²) in [5.41, 5.74) is 3.58. The van der Waals surface area contributed by atoms with E-state index in [2.05, 4.69) is 43.1 Å². The molecule has 2 heterocycles. The van der Waals surface area contributed by atoms with Gasteiger partial charge in [0.05, 0.1) is 12.0 Å². The molecule has 0 aliphatic carbocycles. The summed E-state index contributed by atoms with van der Waals surface area (Å²) in [6.45, 7) is 6.24. The van der Waals surface area contributed by atoms with Crippen LogP contribution in [0, 0.1) is 6.92 Å². The average molecular weight is 341 g/mol. The van der Waals surface area contributed by atoms with Crippen molar-refractivity contribution in [1.82, 2.24) is 4.98 Å². The Bertz CT molecular complexity index is 830. The second-order valence-electron chi connectivity index (χ2n) is 5.89. The molecule has 1 aromatic carbocycles. The normalized spacial score (nSPS) is 11.0. The Balaban J connectivity index is 1.65. The fourth-order valence-corrected chi connectivity index (χ4v) is 3.14. The van der Waals surface area contributed by atoms with Gasteiger partial charge in [0.1, 0.15) is 22.9 Å². The maximum atomic E-state index is 12.0. The highest BCUT2D eigenvalue weighted by Gasteiger charge is 2.14. The van der Waals surface area contributed by atoms with Crippen molar-refractivity contribution in [2.24, 2.45) is 0 Å². The molecule has 0 radical (unpaired) electrons. The van der Waals surface area contributed by atoms with Gasteiger partial charge in [-0.3, -0.25) is 0 Å². The van der Waals surface area contributed by atoms with Gasteiger partial charge in [-0.15, -0.1) is 11.3 Å². The van der Waals surface area contributed by atoms with Crippen molar-refractivity contribution in [3.63, 3.8) is 0 Å². The molecule has 0 aliphatic rings. The Morgan fingerprint density at radius 1 is 1.25 bits per heavy atom. The zero-order valence-corrected chi connectivity index (χ0v) is 14.7. The smallest absolute Gasteiger partial charge is 0.342 e. The number of esters is 1. The van der Waals surface area contributed by atoms with Crippen LogP contribution in [0.25, 0.3) is 10.6 Å². The predicted octanol–water partition coefficient (Wildman–Crippen LogP) is 5.19. The van der Waals surface area contributed by atoms with E-state index >= 15 is 0 Å². The maximum Gasteiger partial charge on any atom is 0.342 e. The van der Waals surface area contributed by atoms with Crippen LogP contribution in [0.1, 0.15) is 47.1 Å². The van der Waals surface area contributed by atoms with Gasteiger partial charge in [0.15, 0.2) is 0 Å². The van der Waals surface area contributed by atoms with E-state index in [1.165, 1.54) is 11.8 Å². The first-order valence-electron chi connectivity index (χ1n) is 7.80. The highest BCUT2D eigenvalue weighted by Crippen LogP contribution is 2.26. The number of hydrogen-bond donors (Lipinski definition) is 0. The van der Waals surface area contributed by atoms with Crippen molar-refractivity contribution in [1.29, 1.82) is 0 Å². The number of aromatic nitrogens is 1. The van der Waals surface area contributed by atoms with Gasteiger partial charge in [-0.2, -0.15) is 0 Å². The molecule has 4 nitrogen and oxygen atoms in total. The zero-order valence-electron chi connectivity index (χ0n) is 13.9. The SMILES string of the molecule is Cc1occc1C(=O)OCc1csc(-c2ccc(C(C)C)cc2)n1. The molecule has 0 fully saturated rings. The Morgan fingerprint density at radius 2 is 2.00 bits per heavy atom. The van der Waals surface area contributed by atoms with Gasteiger partial charge in [0.2, 0.25) is 0 Å². The van der Waals surface area contributed by atoms with E-state index in [9.17, 15) is 4.79 Å². The van der Waals surface area contributed by atoms with Crippen molar-refractivity contribution in [2.75, 3.05) is 0 Å². The third-order valence-corrected chi connectivity index (χ3v) is 4.75. The van der Waals surface area contributed by atoms with Gasteiger partial charge in [-0.25, -0.2) is 9.78 Å². The minimum atomic E-state index is -0.392. The molecule has 3 aromatic rings. The molecular weight excluding hydrogens is 322 g/mol. The molecule has 0 N–H and O–H groups in total.